The molecule has 1 amide bonds. The number of nitrogens with one attached hydrogen (secondary N) is 1. The highest BCUT2D eigenvalue weighted by Gasteiger charge is 2.23. The lowest BCUT2D eigenvalue weighted by Gasteiger charge is -2.33. The van der Waals surface area contributed by atoms with Crippen LogP contribution in [0.1, 0.15) is 23.2 Å². The molecule has 0 radical (unpaired) electrons. The van der Waals surface area contributed by atoms with Gasteiger partial charge in [-0.25, -0.2) is 15.0 Å². The predicted octanol–water partition coefficient (Wildman–Crippen LogP) is 2.28. The highest BCUT2D eigenvalue weighted by atomic mass is 16.1. The van der Waals surface area contributed by atoms with Gasteiger partial charge in [-0.1, -0.05) is 12.1 Å². The Morgan fingerprint density at radius 3 is 2.59 bits per heavy atom. The number of rotatable bonds is 4. The number of aromatic nitrogens is 4. The van der Waals surface area contributed by atoms with Crippen LogP contribution in [0.2, 0.25) is 0 Å². The van der Waals surface area contributed by atoms with Crippen molar-refractivity contribution in [3.8, 4) is 11.4 Å². The number of aryl methyl sites for hydroxylation is 1. The van der Waals surface area contributed by atoms with Crippen molar-refractivity contribution in [3.05, 3.63) is 60.7 Å². The second-order valence-corrected chi connectivity index (χ2v) is 6.75. The first-order valence-electron chi connectivity index (χ1n) is 9.11. The predicted molar refractivity (Wildman–Crippen MR) is 103 cm³/mol. The van der Waals surface area contributed by atoms with Crippen molar-refractivity contribution < 1.29 is 4.79 Å². The van der Waals surface area contributed by atoms with E-state index in [-0.39, 0.29) is 11.9 Å². The van der Waals surface area contributed by atoms with Crippen LogP contribution in [0, 0.1) is 0 Å². The third-order valence-electron chi connectivity index (χ3n) is 4.82. The fourth-order valence-electron chi connectivity index (χ4n) is 3.41. The second-order valence-electron chi connectivity index (χ2n) is 6.75. The largest absolute Gasteiger partial charge is 0.348 e. The fourth-order valence-corrected chi connectivity index (χ4v) is 3.41. The number of piperidine rings is 1. The monoisotopic (exact) mass is 362 g/mol. The van der Waals surface area contributed by atoms with E-state index in [1.165, 1.54) is 0 Å². The SMILES string of the molecule is Cn1ccnc1-c1ccc(C(=O)N[C@H]2CCCN(c3ncccn3)C2)cc1. The third kappa shape index (κ3) is 3.81. The van der Waals surface area contributed by atoms with Crippen molar-refractivity contribution in [2.24, 2.45) is 7.05 Å². The van der Waals surface area contributed by atoms with Gasteiger partial charge in [-0.15, -0.1) is 0 Å². The Hall–Kier alpha value is -3.22. The highest BCUT2D eigenvalue weighted by molar-refractivity contribution is 5.94. The van der Waals surface area contributed by atoms with Crippen molar-refractivity contribution >= 4 is 11.9 Å². The molecule has 0 bridgehead atoms. The second kappa shape index (κ2) is 7.57. The van der Waals surface area contributed by atoms with Crippen molar-refractivity contribution in [2.75, 3.05) is 18.0 Å². The van der Waals surface area contributed by atoms with E-state index in [1.807, 2.05) is 42.1 Å². The Labute approximate surface area is 158 Å². The zero-order valence-electron chi connectivity index (χ0n) is 15.2. The van der Waals surface area contributed by atoms with Crippen LogP contribution in [0.15, 0.2) is 55.1 Å². The van der Waals surface area contributed by atoms with Crippen LogP contribution < -0.4 is 10.2 Å². The number of amides is 1. The summed E-state index contributed by atoms with van der Waals surface area (Å²) in [5.74, 6) is 1.55. The highest BCUT2D eigenvalue weighted by Crippen LogP contribution is 2.18. The molecule has 3 aromatic rings. The van der Waals surface area contributed by atoms with Gasteiger partial charge in [-0.05, 0) is 31.0 Å². The van der Waals surface area contributed by atoms with Crippen molar-refractivity contribution in [1.82, 2.24) is 24.8 Å². The fraction of sp³-hybridized carbons (Fsp3) is 0.300. The first-order chi connectivity index (χ1) is 13.2. The van der Waals surface area contributed by atoms with Gasteiger partial charge in [0.25, 0.3) is 5.91 Å². The lowest BCUT2D eigenvalue weighted by molar-refractivity contribution is 0.0933. The molecule has 0 unspecified atom stereocenters. The van der Waals surface area contributed by atoms with E-state index < -0.39 is 0 Å². The molecule has 1 aromatic carbocycles. The summed E-state index contributed by atoms with van der Waals surface area (Å²) >= 11 is 0. The van der Waals surface area contributed by atoms with Crippen LogP contribution in [-0.2, 0) is 7.05 Å². The van der Waals surface area contributed by atoms with Gasteiger partial charge in [0.15, 0.2) is 0 Å². The molecule has 0 saturated carbocycles. The van der Waals surface area contributed by atoms with Gasteiger partial charge in [0.2, 0.25) is 5.95 Å². The first kappa shape index (κ1) is 17.2. The molecule has 0 aliphatic carbocycles. The summed E-state index contributed by atoms with van der Waals surface area (Å²) in [4.78, 5) is 27.7. The summed E-state index contributed by atoms with van der Waals surface area (Å²) in [6.07, 6.45) is 9.12. The third-order valence-corrected chi connectivity index (χ3v) is 4.82. The molecule has 7 heteroatoms. The van der Waals surface area contributed by atoms with Crippen LogP contribution in [0.3, 0.4) is 0 Å². The minimum Gasteiger partial charge on any atom is -0.348 e. The standard InChI is InChI=1S/C20H22N6O/c1-25-13-11-21-18(25)15-5-7-16(8-6-15)19(27)24-17-4-2-12-26(14-17)20-22-9-3-10-23-20/h3,5-11,13,17H,2,4,12,14H2,1H3,(H,24,27)/t17-/m0/s1. The molecule has 138 valence electrons. The number of anilines is 1. The van der Waals surface area contributed by atoms with Crippen LogP contribution >= 0.6 is 0 Å². The van der Waals surface area contributed by atoms with Gasteiger partial charge in [-0.3, -0.25) is 4.79 Å². The molecule has 7 nitrogen and oxygen atoms in total. The smallest absolute Gasteiger partial charge is 0.251 e. The van der Waals surface area contributed by atoms with Crippen LogP contribution in [0.5, 0.6) is 0 Å². The normalized spacial score (nSPS) is 16.9. The number of carbonyl (C=O) groups excluding carboxylic acids is 1. The zero-order valence-corrected chi connectivity index (χ0v) is 15.2. The maximum Gasteiger partial charge on any atom is 0.251 e. The topological polar surface area (TPSA) is 75.9 Å². The number of benzene rings is 1. The molecule has 1 atom stereocenters. The number of imidazole rings is 1. The first-order valence-corrected chi connectivity index (χ1v) is 9.11. The molecule has 1 N–H and O–H groups in total. The van der Waals surface area contributed by atoms with Crippen LogP contribution in [0.4, 0.5) is 5.95 Å². The Morgan fingerprint density at radius 1 is 1.11 bits per heavy atom. The number of carbonyl (C=O) groups is 1. The summed E-state index contributed by atoms with van der Waals surface area (Å²) in [6.45, 7) is 1.63. The Balaban J connectivity index is 1.41. The Kier molecular flexibility index (Phi) is 4.82. The quantitative estimate of drug-likeness (QED) is 0.771. The van der Waals surface area contributed by atoms with E-state index in [4.69, 9.17) is 0 Å². The average molecular weight is 362 g/mol. The van der Waals surface area contributed by atoms with Crippen molar-refractivity contribution in [3.63, 3.8) is 0 Å². The number of hydrogen-bond donors (Lipinski definition) is 1. The molecule has 1 aliphatic heterocycles. The van der Waals surface area contributed by atoms with Gasteiger partial charge in [-0.2, -0.15) is 0 Å². The van der Waals surface area contributed by atoms with Crippen LogP contribution in [-0.4, -0.2) is 44.6 Å². The van der Waals surface area contributed by atoms with E-state index in [2.05, 4.69) is 25.2 Å². The summed E-state index contributed by atoms with van der Waals surface area (Å²) in [7, 11) is 1.95. The summed E-state index contributed by atoms with van der Waals surface area (Å²) in [5, 5.41) is 3.14. The van der Waals surface area contributed by atoms with E-state index in [0.717, 1.165) is 43.3 Å². The van der Waals surface area contributed by atoms with Gasteiger partial charge < -0.3 is 14.8 Å². The summed E-state index contributed by atoms with van der Waals surface area (Å²) in [6, 6.07) is 9.45. The van der Waals surface area contributed by atoms with Gasteiger partial charge in [0.1, 0.15) is 5.82 Å². The molecule has 1 saturated heterocycles. The van der Waals surface area contributed by atoms with E-state index >= 15 is 0 Å². The molecular formula is C20H22N6O. The molecule has 4 rings (SSSR count). The maximum atomic E-state index is 12.6. The average Bonchev–Trinajstić information content (AvgIpc) is 3.15. The lowest BCUT2D eigenvalue weighted by atomic mass is 10.0. The molecule has 0 spiro atoms. The van der Waals surface area contributed by atoms with Crippen molar-refractivity contribution in [1.29, 1.82) is 0 Å². The Bertz CT molecular complexity index is 906. The Morgan fingerprint density at radius 2 is 1.89 bits per heavy atom. The molecule has 3 heterocycles. The van der Waals surface area contributed by atoms with E-state index in [9.17, 15) is 4.79 Å². The maximum absolute atomic E-state index is 12.6. The van der Waals surface area contributed by atoms with Gasteiger partial charge in [0.05, 0.1) is 0 Å². The zero-order chi connectivity index (χ0) is 18.6. The molecular weight excluding hydrogens is 340 g/mol. The molecule has 27 heavy (non-hydrogen) atoms. The van der Waals surface area contributed by atoms with Crippen LogP contribution in [0.25, 0.3) is 11.4 Å². The lowest BCUT2D eigenvalue weighted by Crippen LogP contribution is -2.48. The minimum atomic E-state index is -0.0535. The van der Waals surface area contributed by atoms with Gasteiger partial charge >= 0.3 is 0 Å². The minimum absolute atomic E-state index is 0.0535. The molecule has 2 aromatic heterocycles. The van der Waals surface area contributed by atoms with E-state index in [1.54, 1.807) is 24.7 Å². The van der Waals surface area contributed by atoms with Crippen molar-refractivity contribution in [2.45, 2.75) is 18.9 Å². The number of nitrogens with zero attached hydrogens (tertiary/aromatic N) is 5. The number of hydrogen-bond acceptors (Lipinski definition) is 5. The summed E-state index contributed by atoms with van der Waals surface area (Å²) < 4.78 is 1.96. The molecule has 1 fully saturated rings. The van der Waals surface area contributed by atoms with E-state index in [0.29, 0.717) is 5.56 Å². The summed E-state index contributed by atoms with van der Waals surface area (Å²) in [5.41, 5.74) is 1.64. The van der Waals surface area contributed by atoms with Gasteiger partial charge in [0, 0.05) is 62.1 Å². The molecule has 1 aliphatic rings.